The molecule has 2 unspecified atom stereocenters. The molecule has 3 rings (SSSR count). The number of rotatable bonds is 10. The van der Waals surface area contributed by atoms with Crippen LogP contribution >= 0.6 is 11.6 Å². The lowest BCUT2D eigenvalue weighted by atomic mass is 10.1. The molecule has 0 aromatic heterocycles. The van der Waals surface area contributed by atoms with Crippen LogP contribution in [0.25, 0.3) is 0 Å². The SMILES string of the molecule is CC(CCC(N)=O)Oc1ccccc1C(C)N(c1cc(F)ccc1F)S(=O)(=O)c1ccc(Cl)cc1. The Labute approximate surface area is 208 Å². The van der Waals surface area contributed by atoms with Crippen LogP contribution in [0.15, 0.2) is 71.6 Å². The largest absolute Gasteiger partial charge is 0.490 e. The number of carbonyl (C=O) groups excluding carboxylic acids is 1. The molecule has 3 aromatic rings. The number of sulfonamides is 1. The minimum atomic E-state index is -4.37. The average molecular weight is 523 g/mol. The Bertz CT molecular complexity index is 1300. The van der Waals surface area contributed by atoms with Gasteiger partial charge in [-0.05, 0) is 62.7 Å². The number of primary amides is 1. The molecule has 0 spiro atoms. The van der Waals surface area contributed by atoms with Crippen LogP contribution in [-0.4, -0.2) is 20.4 Å². The Hall–Kier alpha value is -3.17. The normalized spacial score (nSPS) is 13.2. The van der Waals surface area contributed by atoms with Gasteiger partial charge in [0.05, 0.1) is 22.7 Å². The second kappa shape index (κ2) is 11.0. The maximum absolute atomic E-state index is 14.9. The summed E-state index contributed by atoms with van der Waals surface area (Å²) in [5, 5.41) is 0.323. The third kappa shape index (κ3) is 6.29. The summed E-state index contributed by atoms with van der Waals surface area (Å²) < 4.78 is 63.3. The lowest BCUT2D eigenvalue weighted by Gasteiger charge is -2.32. The van der Waals surface area contributed by atoms with Crippen molar-refractivity contribution in [2.24, 2.45) is 5.73 Å². The van der Waals surface area contributed by atoms with Crippen molar-refractivity contribution >= 4 is 33.2 Å². The first-order valence-electron chi connectivity index (χ1n) is 10.8. The fourth-order valence-corrected chi connectivity index (χ4v) is 5.36. The third-order valence-electron chi connectivity index (χ3n) is 5.36. The van der Waals surface area contributed by atoms with E-state index in [1.54, 1.807) is 38.1 Å². The zero-order valence-electron chi connectivity index (χ0n) is 19.1. The van der Waals surface area contributed by atoms with Gasteiger partial charge in [0.15, 0.2) is 0 Å². The van der Waals surface area contributed by atoms with Crippen LogP contribution in [0.2, 0.25) is 5.02 Å². The number of para-hydroxylation sites is 1. The van der Waals surface area contributed by atoms with Gasteiger partial charge >= 0.3 is 0 Å². The Balaban J connectivity index is 2.11. The van der Waals surface area contributed by atoms with Crippen LogP contribution in [-0.2, 0) is 14.8 Å². The van der Waals surface area contributed by atoms with Gasteiger partial charge in [0.2, 0.25) is 5.91 Å². The third-order valence-corrected chi connectivity index (χ3v) is 7.51. The zero-order chi connectivity index (χ0) is 25.8. The highest BCUT2D eigenvalue weighted by Gasteiger charge is 2.34. The van der Waals surface area contributed by atoms with Crippen LogP contribution in [0.1, 0.15) is 38.3 Å². The number of nitrogens with zero attached hydrogens (tertiary/aromatic N) is 1. The predicted octanol–water partition coefficient (Wildman–Crippen LogP) is 5.61. The van der Waals surface area contributed by atoms with Crippen molar-refractivity contribution in [2.45, 2.75) is 43.7 Å². The molecule has 186 valence electrons. The van der Waals surface area contributed by atoms with E-state index in [1.807, 2.05) is 0 Å². The van der Waals surface area contributed by atoms with Gasteiger partial charge in [-0.3, -0.25) is 9.10 Å². The topological polar surface area (TPSA) is 89.7 Å². The van der Waals surface area contributed by atoms with Gasteiger partial charge in [0.25, 0.3) is 10.0 Å². The molecule has 0 fully saturated rings. The molecule has 0 radical (unpaired) electrons. The number of nitrogens with two attached hydrogens (primary N) is 1. The molecule has 0 saturated heterocycles. The van der Waals surface area contributed by atoms with E-state index in [2.05, 4.69) is 0 Å². The van der Waals surface area contributed by atoms with Crippen LogP contribution in [0.3, 0.4) is 0 Å². The van der Waals surface area contributed by atoms with Gasteiger partial charge in [-0.25, -0.2) is 17.2 Å². The maximum atomic E-state index is 14.9. The number of anilines is 1. The molecular weight excluding hydrogens is 498 g/mol. The van der Waals surface area contributed by atoms with E-state index in [9.17, 15) is 22.0 Å². The van der Waals surface area contributed by atoms with E-state index in [0.29, 0.717) is 22.8 Å². The van der Waals surface area contributed by atoms with E-state index in [0.717, 1.165) is 22.5 Å². The highest BCUT2D eigenvalue weighted by molar-refractivity contribution is 7.92. The van der Waals surface area contributed by atoms with E-state index < -0.39 is 45.4 Å². The summed E-state index contributed by atoms with van der Waals surface area (Å²) in [7, 11) is -4.37. The molecule has 2 atom stereocenters. The van der Waals surface area contributed by atoms with Gasteiger partial charge in [-0.1, -0.05) is 29.8 Å². The van der Waals surface area contributed by atoms with Gasteiger partial charge in [-0.15, -0.1) is 0 Å². The monoisotopic (exact) mass is 522 g/mol. The Kier molecular flexibility index (Phi) is 8.34. The first-order chi connectivity index (χ1) is 16.5. The molecule has 0 aliphatic rings. The second-order valence-electron chi connectivity index (χ2n) is 8.00. The van der Waals surface area contributed by atoms with Gasteiger partial charge in [0.1, 0.15) is 17.4 Å². The second-order valence-corrected chi connectivity index (χ2v) is 10.2. The molecular formula is C25H25ClF2N2O4S. The number of amides is 1. The Morgan fingerprint density at radius 3 is 2.37 bits per heavy atom. The molecule has 0 bridgehead atoms. The zero-order valence-corrected chi connectivity index (χ0v) is 20.7. The molecule has 0 heterocycles. The Morgan fingerprint density at radius 1 is 1.06 bits per heavy atom. The van der Waals surface area contributed by atoms with Crippen LogP contribution in [0.5, 0.6) is 5.75 Å². The van der Waals surface area contributed by atoms with Crippen molar-refractivity contribution < 1.29 is 26.7 Å². The first kappa shape index (κ1) is 26.4. The Morgan fingerprint density at radius 2 is 1.71 bits per heavy atom. The number of carbonyl (C=O) groups is 1. The van der Waals surface area contributed by atoms with E-state index >= 15 is 0 Å². The van der Waals surface area contributed by atoms with Crippen molar-refractivity contribution in [1.82, 2.24) is 0 Å². The van der Waals surface area contributed by atoms with Crippen LogP contribution in [0.4, 0.5) is 14.5 Å². The van der Waals surface area contributed by atoms with Crippen molar-refractivity contribution in [3.63, 3.8) is 0 Å². The fraction of sp³-hybridized carbons (Fsp3) is 0.240. The summed E-state index contributed by atoms with van der Waals surface area (Å²) in [6.45, 7) is 3.30. The minimum Gasteiger partial charge on any atom is -0.490 e. The number of benzene rings is 3. The van der Waals surface area contributed by atoms with E-state index in [-0.39, 0.29) is 11.3 Å². The quantitative estimate of drug-likeness (QED) is 0.375. The molecule has 6 nitrogen and oxygen atoms in total. The molecule has 0 saturated carbocycles. The van der Waals surface area contributed by atoms with Crippen molar-refractivity contribution in [1.29, 1.82) is 0 Å². The van der Waals surface area contributed by atoms with E-state index in [1.165, 1.54) is 24.3 Å². The van der Waals surface area contributed by atoms with Crippen molar-refractivity contribution in [3.8, 4) is 5.75 Å². The molecule has 2 N–H and O–H groups in total. The average Bonchev–Trinajstić information content (AvgIpc) is 2.80. The summed E-state index contributed by atoms with van der Waals surface area (Å²) in [5.74, 6) is -1.84. The minimum absolute atomic E-state index is 0.116. The van der Waals surface area contributed by atoms with Crippen molar-refractivity contribution in [3.05, 3.63) is 89.0 Å². The number of ether oxygens (including phenoxy) is 1. The number of hydrogen-bond acceptors (Lipinski definition) is 4. The molecule has 0 aliphatic heterocycles. The summed E-state index contributed by atoms with van der Waals surface area (Å²) in [6.07, 6.45) is 0.0523. The van der Waals surface area contributed by atoms with Crippen molar-refractivity contribution in [2.75, 3.05) is 4.31 Å². The smallest absolute Gasteiger partial charge is 0.264 e. The molecule has 3 aromatic carbocycles. The van der Waals surface area contributed by atoms with Gasteiger partial charge in [0, 0.05) is 23.1 Å². The maximum Gasteiger partial charge on any atom is 0.264 e. The van der Waals surface area contributed by atoms with Crippen LogP contribution < -0.4 is 14.8 Å². The summed E-state index contributed by atoms with van der Waals surface area (Å²) in [5.41, 5.74) is 5.17. The highest BCUT2D eigenvalue weighted by atomic mass is 35.5. The first-order valence-corrected chi connectivity index (χ1v) is 12.6. The molecule has 0 aliphatic carbocycles. The summed E-state index contributed by atoms with van der Waals surface area (Å²) in [6, 6.07) is 13.7. The highest BCUT2D eigenvalue weighted by Crippen LogP contribution is 2.38. The van der Waals surface area contributed by atoms with Gasteiger partial charge in [-0.2, -0.15) is 0 Å². The number of hydrogen-bond donors (Lipinski definition) is 1. The fourth-order valence-electron chi connectivity index (χ4n) is 3.60. The standard InChI is InChI=1S/C25H25ClF2N2O4S/c1-16(7-14-25(29)31)34-24-6-4-3-5-21(24)17(2)30(23-15-19(27)10-13-22(23)28)35(32,33)20-11-8-18(26)9-12-20/h3-6,8-13,15-17H,7,14H2,1-2H3,(H2,29,31). The van der Waals surface area contributed by atoms with Crippen LogP contribution in [0, 0.1) is 11.6 Å². The molecule has 10 heteroatoms. The van der Waals surface area contributed by atoms with Gasteiger partial charge < -0.3 is 10.5 Å². The lowest BCUT2D eigenvalue weighted by molar-refractivity contribution is -0.118. The molecule has 35 heavy (non-hydrogen) atoms. The van der Waals surface area contributed by atoms with E-state index in [4.69, 9.17) is 22.1 Å². The molecule has 1 amide bonds. The lowest BCUT2D eigenvalue weighted by Crippen LogP contribution is -2.35. The summed E-state index contributed by atoms with van der Waals surface area (Å²) in [4.78, 5) is 11.0. The predicted molar refractivity (Wildman–Crippen MR) is 131 cm³/mol. The number of halogens is 3. The summed E-state index contributed by atoms with van der Waals surface area (Å²) >= 11 is 5.91.